The van der Waals surface area contributed by atoms with Crippen molar-refractivity contribution >= 4 is 9.84 Å². The normalized spacial score (nSPS) is 30.5. The van der Waals surface area contributed by atoms with E-state index in [-0.39, 0.29) is 24.2 Å². The van der Waals surface area contributed by atoms with E-state index in [9.17, 15) is 26.7 Å². The summed E-state index contributed by atoms with van der Waals surface area (Å²) in [7, 11) is -3.94. The Bertz CT molecular complexity index is 834. The fourth-order valence-electron chi connectivity index (χ4n) is 2.90. The van der Waals surface area contributed by atoms with Crippen LogP contribution < -0.4 is 4.74 Å². The second-order valence-corrected chi connectivity index (χ2v) is 8.13. The van der Waals surface area contributed by atoms with Crippen molar-refractivity contribution in [1.82, 2.24) is 0 Å². The van der Waals surface area contributed by atoms with Crippen molar-refractivity contribution in [1.29, 1.82) is 5.26 Å². The van der Waals surface area contributed by atoms with E-state index in [0.717, 1.165) is 18.4 Å². The molecule has 1 aromatic carbocycles. The highest BCUT2D eigenvalue weighted by Crippen LogP contribution is 2.57. The van der Waals surface area contributed by atoms with Crippen LogP contribution in [-0.2, 0) is 9.84 Å². The van der Waals surface area contributed by atoms with Crippen molar-refractivity contribution in [3.8, 4) is 11.8 Å². The topological polar surface area (TPSA) is 87.4 Å². The van der Waals surface area contributed by atoms with Crippen molar-refractivity contribution < 1.29 is 31.4 Å². The molecule has 0 aromatic heterocycles. The van der Waals surface area contributed by atoms with Gasteiger partial charge in [0.1, 0.15) is 11.9 Å². The molecule has 2 aliphatic carbocycles. The molecule has 0 bridgehead atoms. The van der Waals surface area contributed by atoms with Gasteiger partial charge in [-0.2, -0.15) is 14.0 Å². The summed E-state index contributed by atoms with van der Waals surface area (Å²) in [4.78, 5) is -0.543. The molecule has 4 atom stereocenters. The number of aliphatic hydroxyl groups is 1. The molecular formula is C15H14F3NO4S. The van der Waals surface area contributed by atoms with Crippen LogP contribution in [0.3, 0.4) is 0 Å². The second-order valence-electron chi connectivity index (χ2n) is 6.14. The van der Waals surface area contributed by atoms with E-state index < -0.39 is 44.1 Å². The molecule has 9 heteroatoms. The van der Waals surface area contributed by atoms with E-state index in [1.54, 1.807) is 0 Å². The molecule has 0 heterocycles. The minimum absolute atomic E-state index is 0.0390. The maximum atomic E-state index is 14.2. The maximum Gasteiger partial charge on any atom is 0.312 e. The highest BCUT2D eigenvalue weighted by Gasteiger charge is 2.59. The summed E-state index contributed by atoms with van der Waals surface area (Å²) in [6.07, 6.45) is -4.03. The minimum Gasteiger partial charge on any atom is -0.493 e. The van der Waals surface area contributed by atoms with Gasteiger partial charge in [-0.1, -0.05) is 0 Å². The summed E-state index contributed by atoms with van der Waals surface area (Å²) < 4.78 is 70.9. The highest BCUT2D eigenvalue weighted by atomic mass is 32.2. The smallest absolute Gasteiger partial charge is 0.312 e. The zero-order valence-corrected chi connectivity index (χ0v) is 13.4. The lowest BCUT2D eigenvalue weighted by Gasteiger charge is -2.16. The number of benzene rings is 1. The van der Waals surface area contributed by atoms with Crippen molar-refractivity contribution in [2.75, 3.05) is 12.9 Å². The van der Waals surface area contributed by atoms with Crippen molar-refractivity contribution in [2.45, 2.75) is 29.5 Å². The summed E-state index contributed by atoms with van der Waals surface area (Å²) >= 11 is 0. The number of nitrogens with zero attached hydrogens (tertiary/aromatic N) is 1. The Hall–Kier alpha value is -1.79. The molecule has 24 heavy (non-hydrogen) atoms. The first-order valence-electron chi connectivity index (χ1n) is 7.18. The maximum absolute atomic E-state index is 14.2. The summed E-state index contributed by atoms with van der Waals surface area (Å²) in [5, 5.41) is 18.5. The Kier molecular flexibility index (Phi) is 3.81. The first-order chi connectivity index (χ1) is 11.1. The van der Waals surface area contributed by atoms with Gasteiger partial charge in [0.2, 0.25) is 0 Å². The Morgan fingerprint density at radius 2 is 2.08 bits per heavy atom. The third kappa shape index (κ3) is 2.54. The lowest BCUT2D eigenvalue weighted by molar-refractivity contribution is -0.144. The Morgan fingerprint density at radius 1 is 1.42 bits per heavy atom. The molecule has 1 saturated carbocycles. The van der Waals surface area contributed by atoms with E-state index in [1.807, 2.05) is 6.07 Å². The number of aliphatic hydroxyl groups excluding tert-OH is 1. The molecule has 0 amide bonds. The summed E-state index contributed by atoms with van der Waals surface area (Å²) in [6, 6.07) is 4.18. The molecule has 5 nitrogen and oxygen atoms in total. The van der Waals surface area contributed by atoms with Crippen LogP contribution in [-0.4, -0.2) is 32.3 Å². The molecule has 1 fully saturated rings. The molecule has 3 rings (SSSR count). The number of halogens is 3. The van der Waals surface area contributed by atoms with Crippen LogP contribution in [0.5, 0.6) is 5.75 Å². The van der Waals surface area contributed by atoms with E-state index in [0.29, 0.717) is 6.42 Å². The van der Waals surface area contributed by atoms with Crippen molar-refractivity contribution in [2.24, 2.45) is 11.8 Å². The Morgan fingerprint density at radius 3 is 2.62 bits per heavy atom. The first-order valence-corrected chi connectivity index (χ1v) is 9.07. The van der Waals surface area contributed by atoms with Gasteiger partial charge < -0.3 is 9.84 Å². The number of nitriles is 1. The molecule has 0 spiro atoms. The van der Waals surface area contributed by atoms with Gasteiger partial charge in [-0.15, -0.1) is 0 Å². The number of ether oxygens (including phenoxy) is 1. The molecule has 0 radical (unpaired) electrons. The Balaban J connectivity index is 2.03. The molecule has 1 aromatic rings. The molecule has 0 saturated heterocycles. The van der Waals surface area contributed by atoms with Crippen LogP contribution in [0.15, 0.2) is 17.0 Å². The van der Waals surface area contributed by atoms with Gasteiger partial charge in [-0.05, 0) is 18.6 Å². The fraction of sp³-hybridized carbons (Fsp3) is 0.533. The standard InChI is InChI=1S/C15H14F3NO4S/c1-24(21,22)10-3-2-9(23-6-8-4-7(8)5-19)11-12(10)14(20)15(17,18)13(11)16/h2-3,7-8,13-14,20H,4,6H2,1H3/t7-,8-,13-,14+/m1/s1. The zero-order valence-electron chi connectivity index (χ0n) is 12.5. The largest absolute Gasteiger partial charge is 0.493 e. The SMILES string of the molecule is CS(=O)(=O)c1ccc(OC[C@H]2C[C@@H]2C#N)c2c1[C@H](O)C(F)(F)[C@@H]2F. The zero-order chi connectivity index (χ0) is 17.9. The van der Waals surface area contributed by atoms with Gasteiger partial charge in [-0.25, -0.2) is 12.8 Å². The lowest BCUT2D eigenvalue weighted by Crippen LogP contribution is -2.24. The molecule has 0 aliphatic heterocycles. The van der Waals surface area contributed by atoms with E-state index in [2.05, 4.69) is 0 Å². The minimum atomic E-state index is -4.14. The summed E-state index contributed by atoms with van der Waals surface area (Å²) in [5.41, 5.74) is -1.29. The van der Waals surface area contributed by atoms with Crippen LogP contribution in [0, 0.1) is 23.2 Å². The predicted octanol–water partition coefficient (Wildman–Crippen LogP) is 2.32. The third-order valence-electron chi connectivity index (χ3n) is 4.38. The van der Waals surface area contributed by atoms with Gasteiger partial charge in [-0.3, -0.25) is 0 Å². The van der Waals surface area contributed by atoms with E-state index >= 15 is 0 Å². The van der Waals surface area contributed by atoms with Crippen molar-refractivity contribution in [3.63, 3.8) is 0 Å². The average Bonchev–Trinajstić information content (AvgIpc) is 3.24. The molecule has 1 N–H and O–H groups in total. The number of hydrogen-bond donors (Lipinski definition) is 1. The van der Waals surface area contributed by atoms with Crippen molar-refractivity contribution in [3.05, 3.63) is 23.3 Å². The first kappa shape index (κ1) is 17.0. The van der Waals surface area contributed by atoms with Gasteiger partial charge in [0.25, 0.3) is 0 Å². The van der Waals surface area contributed by atoms with Gasteiger partial charge >= 0.3 is 5.92 Å². The van der Waals surface area contributed by atoms with E-state index in [1.165, 1.54) is 0 Å². The number of fused-ring (bicyclic) bond motifs is 1. The van der Waals surface area contributed by atoms with E-state index in [4.69, 9.17) is 10.00 Å². The van der Waals surface area contributed by atoms with Gasteiger partial charge in [0.05, 0.1) is 23.5 Å². The van der Waals surface area contributed by atoms with Crippen LogP contribution in [0.25, 0.3) is 0 Å². The van der Waals surface area contributed by atoms with Crippen LogP contribution >= 0.6 is 0 Å². The molecule has 2 aliphatic rings. The van der Waals surface area contributed by atoms with Crippen LogP contribution in [0.2, 0.25) is 0 Å². The molecule has 130 valence electrons. The molecule has 0 unspecified atom stereocenters. The summed E-state index contributed by atoms with van der Waals surface area (Å²) in [5.74, 6) is -4.62. The highest BCUT2D eigenvalue weighted by molar-refractivity contribution is 7.90. The summed E-state index contributed by atoms with van der Waals surface area (Å²) in [6.45, 7) is 0.0390. The average molecular weight is 361 g/mol. The lowest BCUT2D eigenvalue weighted by atomic mass is 10.1. The second kappa shape index (κ2) is 5.36. The number of hydrogen-bond acceptors (Lipinski definition) is 5. The monoisotopic (exact) mass is 361 g/mol. The van der Waals surface area contributed by atoms with Gasteiger partial charge in [0.15, 0.2) is 16.0 Å². The van der Waals surface area contributed by atoms with Gasteiger partial charge in [0, 0.05) is 23.3 Å². The third-order valence-corrected chi connectivity index (χ3v) is 5.53. The van der Waals surface area contributed by atoms with Crippen LogP contribution in [0.4, 0.5) is 13.2 Å². The predicted molar refractivity (Wildman–Crippen MR) is 76.0 cm³/mol. The molecular weight excluding hydrogens is 347 g/mol. The van der Waals surface area contributed by atoms with Crippen LogP contribution in [0.1, 0.15) is 29.8 Å². The number of sulfone groups is 1. The number of rotatable bonds is 4. The fourth-order valence-corrected chi connectivity index (χ4v) is 3.84. The number of alkyl halides is 3. The quantitative estimate of drug-likeness (QED) is 0.889. The Labute approximate surface area is 136 Å².